The summed E-state index contributed by atoms with van der Waals surface area (Å²) in [7, 11) is 0. The fourth-order valence-corrected chi connectivity index (χ4v) is 3.91. The molecule has 1 aromatic carbocycles. The molecule has 0 aliphatic rings. The van der Waals surface area contributed by atoms with Gasteiger partial charge in [0.15, 0.2) is 0 Å². The maximum atomic E-state index is 9.28. The zero-order valence-electron chi connectivity index (χ0n) is 16.7. The van der Waals surface area contributed by atoms with Crippen molar-refractivity contribution in [3.63, 3.8) is 0 Å². The summed E-state index contributed by atoms with van der Waals surface area (Å²) >= 11 is 1.63. The lowest BCUT2D eigenvalue weighted by atomic mass is 10.1. The molecule has 0 aliphatic carbocycles. The van der Waals surface area contributed by atoms with Crippen LogP contribution in [0.3, 0.4) is 0 Å². The maximum absolute atomic E-state index is 9.28. The Hall–Kier alpha value is -3.07. The van der Waals surface area contributed by atoms with Crippen LogP contribution in [-0.2, 0) is 6.61 Å². The Labute approximate surface area is 174 Å². The molecule has 4 aromatic rings. The predicted molar refractivity (Wildman–Crippen MR) is 120 cm³/mol. The van der Waals surface area contributed by atoms with Gasteiger partial charge in [0.1, 0.15) is 17.2 Å². The number of hydrogen-bond donors (Lipinski definition) is 2. The molecule has 0 atom stereocenters. The highest BCUT2D eigenvalue weighted by Gasteiger charge is 2.20. The van der Waals surface area contributed by atoms with Gasteiger partial charge in [0.2, 0.25) is 0 Å². The van der Waals surface area contributed by atoms with Gasteiger partial charge in [0.25, 0.3) is 0 Å². The van der Waals surface area contributed by atoms with Crippen LogP contribution >= 0.6 is 11.3 Å². The van der Waals surface area contributed by atoms with E-state index < -0.39 is 0 Å². The first-order valence-corrected chi connectivity index (χ1v) is 10.3. The number of nitrogens with zero attached hydrogens (tertiary/aromatic N) is 2. The molecule has 3 aromatic heterocycles. The van der Waals surface area contributed by atoms with Gasteiger partial charge in [-0.15, -0.1) is 11.3 Å². The number of nitrogens with one attached hydrogen (secondary N) is 1. The molecule has 5 heteroatoms. The van der Waals surface area contributed by atoms with Crippen LogP contribution in [0, 0.1) is 11.8 Å². The lowest BCUT2D eigenvalue weighted by Gasteiger charge is -2.22. The van der Waals surface area contributed by atoms with Gasteiger partial charge in [-0.1, -0.05) is 30.0 Å². The molecule has 3 heterocycles. The van der Waals surface area contributed by atoms with Gasteiger partial charge in [0.05, 0.1) is 16.4 Å². The molecule has 2 N–H and O–H groups in total. The number of aliphatic hydroxyl groups is 1. The van der Waals surface area contributed by atoms with E-state index >= 15 is 0 Å². The van der Waals surface area contributed by atoms with Crippen LogP contribution in [0.5, 0.6) is 0 Å². The Kier molecular flexibility index (Phi) is 5.14. The number of aliphatic hydroxyl groups excluding tert-OH is 1. The minimum absolute atomic E-state index is 0.0239. The van der Waals surface area contributed by atoms with Gasteiger partial charge in [-0.2, -0.15) is 0 Å². The number of thiophene rings is 1. The Morgan fingerprint density at radius 1 is 1.07 bits per heavy atom. The molecule has 146 valence electrons. The number of anilines is 1. The van der Waals surface area contributed by atoms with E-state index in [0.29, 0.717) is 0 Å². The van der Waals surface area contributed by atoms with E-state index in [9.17, 15) is 5.11 Å². The summed E-state index contributed by atoms with van der Waals surface area (Å²) in [6.07, 6.45) is 2.03. The Morgan fingerprint density at radius 3 is 2.72 bits per heavy atom. The molecule has 0 spiro atoms. The van der Waals surface area contributed by atoms with Crippen molar-refractivity contribution in [1.29, 1.82) is 0 Å². The summed E-state index contributed by atoms with van der Waals surface area (Å²) in [5, 5.41) is 12.9. The van der Waals surface area contributed by atoms with Crippen molar-refractivity contribution >= 4 is 22.8 Å². The highest BCUT2D eigenvalue weighted by Crippen LogP contribution is 2.35. The normalized spacial score (nSPS) is 11.3. The number of rotatable bonds is 3. The molecule has 0 amide bonds. The average Bonchev–Trinajstić information content (AvgIpc) is 3.30. The quantitative estimate of drug-likeness (QED) is 0.466. The van der Waals surface area contributed by atoms with E-state index in [1.54, 1.807) is 11.3 Å². The largest absolute Gasteiger partial charge is 0.392 e. The summed E-state index contributed by atoms with van der Waals surface area (Å²) in [6, 6.07) is 17.8. The van der Waals surface area contributed by atoms with E-state index in [1.165, 1.54) is 0 Å². The van der Waals surface area contributed by atoms with Crippen molar-refractivity contribution in [2.24, 2.45) is 0 Å². The monoisotopic (exact) mass is 401 g/mol. The lowest BCUT2D eigenvalue weighted by Crippen LogP contribution is -2.27. The number of hydrogen-bond acceptors (Lipinski definition) is 4. The second-order valence-electron chi connectivity index (χ2n) is 7.89. The van der Waals surface area contributed by atoms with Crippen LogP contribution in [0.1, 0.15) is 36.8 Å². The van der Waals surface area contributed by atoms with Crippen LogP contribution in [-0.4, -0.2) is 20.0 Å². The topological polar surface area (TPSA) is 49.6 Å². The first-order chi connectivity index (χ1) is 13.9. The number of fused-ring (bicyclic) bond motifs is 1. The first-order valence-electron chi connectivity index (χ1n) is 9.50. The van der Waals surface area contributed by atoms with Crippen molar-refractivity contribution in [3.8, 4) is 22.4 Å². The fraction of sp³-hybridized carbons (Fsp3) is 0.208. The Morgan fingerprint density at radius 2 is 1.93 bits per heavy atom. The lowest BCUT2D eigenvalue weighted by molar-refractivity contribution is 0.282. The van der Waals surface area contributed by atoms with Crippen molar-refractivity contribution in [2.45, 2.75) is 32.9 Å². The molecule has 0 radical (unpaired) electrons. The molecule has 29 heavy (non-hydrogen) atoms. The van der Waals surface area contributed by atoms with Crippen LogP contribution in [0.4, 0.5) is 5.82 Å². The molecule has 0 bridgehead atoms. The van der Waals surface area contributed by atoms with Crippen molar-refractivity contribution in [2.75, 3.05) is 5.32 Å². The Balaban J connectivity index is 1.70. The van der Waals surface area contributed by atoms with E-state index in [2.05, 4.69) is 48.4 Å². The van der Waals surface area contributed by atoms with Gasteiger partial charge in [-0.05, 0) is 62.7 Å². The zero-order chi connectivity index (χ0) is 20.4. The van der Waals surface area contributed by atoms with Crippen molar-refractivity contribution in [3.05, 3.63) is 76.8 Å². The minimum atomic E-state index is -0.0851. The van der Waals surface area contributed by atoms with Gasteiger partial charge in [0, 0.05) is 17.3 Å². The summed E-state index contributed by atoms with van der Waals surface area (Å²) in [6.45, 7) is 6.46. The minimum Gasteiger partial charge on any atom is -0.392 e. The molecule has 0 fully saturated rings. The van der Waals surface area contributed by atoms with Crippen LogP contribution in [0.15, 0.2) is 60.8 Å². The molecule has 0 saturated carbocycles. The average molecular weight is 402 g/mol. The predicted octanol–water partition coefficient (Wildman–Crippen LogP) is 5.17. The van der Waals surface area contributed by atoms with Crippen LogP contribution in [0.2, 0.25) is 0 Å². The second kappa shape index (κ2) is 7.75. The standard InChI is InChI=1S/C24H23N3OS/c1-24(2,3)26-23-22(25-21-9-4-5-14-27(21)23)20-13-12-19(29-20)11-10-17-7-6-8-18(15-17)16-28/h4-9,12-15,26,28H,16H2,1-3H3. The van der Waals surface area contributed by atoms with Crippen molar-refractivity contribution < 1.29 is 5.11 Å². The number of imidazole rings is 1. The molecular formula is C24H23N3OS. The molecule has 0 saturated heterocycles. The molecular weight excluding hydrogens is 378 g/mol. The van der Waals surface area contributed by atoms with Crippen LogP contribution in [0.25, 0.3) is 16.2 Å². The Bertz CT molecular complexity index is 1220. The highest BCUT2D eigenvalue weighted by atomic mass is 32.1. The number of aromatic nitrogens is 2. The zero-order valence-corrected chi connectivity index (χ0v) is 17.5. The molecule has 0 aliphatic heterocycles. The van der Waals surface area contributed by atoms with Gasteiger partial charge in [-0.3, -0.25) is 4.40 Å². The van der Waals surface area contributed by atoms with Crippen molar-refractivity contribution in [1.82, 2.24) is 9.38 Å². The summed E-state index contributed by atoms with van der Waals surface area (Å²) in [5.74, 6) is 7.41. The fourth-order valence-electron chi connectivity index (χ4n) is 3.06. The maximum Gasteiger partial charge on any atom is 0.140 e. The first kappa shape index (κ1) is 19.3. The third-order valence-electron chi connectivity index (χ3n) is 4.30. The van der Waals surface area contributed by atoms with E-state index in [0.717, 1.165) is 38.0 Å². The second-order valence-corrected chi connectivity index (χ2v) is 8.97. The van der Waals surface area contributed by atoms with E-state index in [-0.39, 0.29) is 12.1 Å². The third-order valence-corrected chi connectivity index (χ3v) is 5.31. The number of benzene rings is 1. The summed E-state index contributed by atoms with van der Waals surface area (Å²) in [4.78, 5) is 6.91. The van der Waals surface area contributed by atoms with E-state index in [1.807, 2.05) is 54.7 Å². The van der Waals surface area contributed by atoms with Gasteiger partial charge >= 0.3 is 0 Å². The molecule has 4 nitrogen and oxygen atoms in total. The van der Waals surface area contributed by atoms with Gasteiger partial charge in [-0.25, -0.2) is 4.98 Å². The summed E-state index contributed by atoms with van der Waals surface area (Å²) < 4.78 is 2.09. The van der Waals surface area contributed by atoms with E-state index in [4.69, 9.17) is 4.98 Å². The van der Waals surface area contributed by atoms with Crippen LogP contribution < -0.4 is 5.32 Å². The molecule has 0 unspecified atom stereocenters. The SMILES string of the molecule is CC(C)(C)Nc1c(-c2ccc(C#Cc3cccc(CO)c3)s2)nc2ccccn12. The molecule has 4 rings (SSSR count). The number of pyridine rings is 1. The third kappa shape index (κ3) is 4.34. The smallest absolute Gasteiger partial charge is 0.140 e. The van der Waals surface area contributed by atoms with Gasteiger partial charge < -0.3 is 10.4 Å². The highest BCUT2D eigenvalue weighted by molar-refractivity contribution is 7.16. The summed E-state index contributed by atoms with van der Waals surface area (Å²) in [5.41, 5.74) is 3.53.